The number of nitrogens with zero attached hydrogens (tertiary/aromatic N) is 3. The van der Waals surface area contributed by atoms with Crippen LogP contribution in [0.1, 0.15) is 16.1 Å². The molecule has 33 heavy (non-hydrogen) atoms. The van der Waals surface area contributed by atoms with Crippen molar-refractivity contribution in [3.05, 3.63) is 102 Å². The van der Waals surface area contributed by atoms with Gasteiger partial charge in [-0.1, -0.05) is 60.3 Å². The SMILES string of the molecule is Cc1nn(C)cc1-c1cc(C(=O)Nc2ccccc2Sc2ccccc2)c2ccccc2n1. The van der Waals surface area contributed by atoms with E-state index in [0.29, 0.717) is 5.56 Å². The zero-order valence-corrected chi connectivity index (χ0v) is 19.1. The highest BCUT2D eigenvalue weighted by Crippen LogP contribution is 2.34. The fourth-order valence-corrected chi connectivity index (χ4v) is 4.74. The van der Waals surface area contributed by atoms with Gasteiger partial charge in [0, 0.05) is 34.0 Å². The number of aryl methyl sites for hydroxylation is 2. The molecule has 0 aliphatic heterocycles. The van der Waals surface area contributed by atoms with E-state index in [1.54, 1.807) is 16.4 Å². The average Bonchev–Trinajstić information content (AvgIpc) is 3.18. The van der Waals surface area contributed by atoms with Crippen molar-refractivity contribution in [2.45, 2.75) is 16.7 Å². The third-order valence-electron chi connectivity index (χ3n) is 5.36. The van der Waals surface area contributed by atoms with Gasteiger partial charge in [0.25, 0.3) is 5.91 Å². The van der Waals surface area contributed by atoms with Crippen LogP contribution in [-0.2, 0) is 7.05 Å². The molecule has 5 rings (SSSR count). The molecular weight excluding hydrogens is 428 g/mol. The molecule has 3 aromatic carbocycles. The number of pyridine rings is 1. The molecule has 0 saturated heterocycles. The topological polar surface area (TPSA) is 59.8 Å². The number of hydrogen-bond acceptors (Lipinski definition) is 4. The summed E-state index contributed by atoms with van der Waals surface area (Å²) in [6.45, 7) is 1.95. The monoisotopic (exact) mass is 450 g/mol. The van der Waals surface area contributed by atoms with Gasteiger partial charge in [0.05, 0.1) is 28.2 Å². The largest absolute Gasteiger partial charge is 0.321 e. The van der Waals surface area contributed by atoms with Gasteiger partial charge in [0.2, 0.25) is 0 Å². The minimum Gasteiger partial charge on any atom is -0.321 e. The minimum atomic E-state index is -0.169. The van der Waals surface area contributed by atoms with Gasteiger partial charge in [0.15, 0.2) is 0 Å². The summed E-state index contributed by atoms with van der Waals surface area (Å²) in [7, 11) is 1.88. The number of benzene rings is 3. The Bertz CT molecular complexity index is 1460. The Morgan fingerprint density at radius 2 is 1.67 bits per heavy atom. The summed E-state index contributed by atoms with van der Waals surface area (Å²) in [4.78, 5) is 20.4. The van der Waals surface area contributed by atoms with Crippen molar-refractivity contribution in [3.8, 4) is 11.3 Å². The van der Waals surface area contributed by atoms with E-state index in [9.17, 15) is 4.79 Å². The molecule has 5 nitrogen and oxygen atoms in total. The molecule has 6 heteroatoms. The van der Waals surface area contributed by atoms with E-state index in [1.807, 2.05) is 93.0 Å². The molecular formula is C27H22N4OS. The lowest BCUT2D eigenvalue weighted by atomic mass is 10.0. The van der Waals surface area contributed by atoms with Crippen LogP contribution in [0.15, 0.2) is 101 Å². The van der Waals surface area contributed by atoms with E-state index in [2.05, 4.69) is 22.5 Å². The van der Waals surface area contributed by atoms with E-state index in [4.69, 9.17) is 4.98 Å². The van der Waals surface area contributed by atoms with E-state index in [-0.39, 0.29) is 5.91 Å². The van der Waals surface area contributed by atoms with Gasteiger partial charge in [-0.05, 0) is 43.3 Å². The molecule has 0 fully saturated rings. The first-order chi connectivity index (χ1) is 16.1. The molecule has 0 aliphatic rings. The van der Waals surface area contributed by atoms with Crippen molar-refractivity contribution >= 4 is 34.3 Å². The predicted octanol–water partition coefficient (Wildman–Crippen LogP) is 6.35. The Labute approximate surface area is 196 Å². The standard InChI is InChI=1S/C27H22N4OS/c1-18-22(17-31(2)30-18)25-16-21(20-12-6-7-13-23(20)28-25)27(32)29-24-14-8-9-15-26(24)33-19-10-4-3-5-11-19/h3-17H,1-2H3,(H,29,32). The van der Waals surface area contributed by atoms with Crippen LogP contribution >= 0.6 is 11.8 Å². The van der Waals surface area contributed by atoms with Crippen LogP contribution in [0.4, 0.5) is 5.69 Å². The molecule has 1 N–H and O–H groups in total. The molecule has 0 atom stereocenters. The maximum absolute atomic E-state index is 13.5. The first-order valence-corrected chi connectivity index (χ1v) is 11.4. The number of carbonyl (C=O) groups is 1. The lowest BCUT2D eigenvalue weighted by Gasteiger charge is -2.13. The van der Waals surface area contributed by atoms with Crippen LogP contribution in [0.5, 0.6) is 0 Å². The van der Waals surface area contributed by atoms with Gasteiger partial charge >= 0.3 is 0 Å². The number of nitrogens with one attached hydrogen (secondary N) is 1. The number of para-hydroxylation sites is 2. The molecule has 0 aliphatic carbocycles. The number of carbonyl (C=O) groups excluding carboxylic acids is 1. The fraction of sp³-hybridized carbons (Fsp3) is 0.0741. The van der Waals surface area contributed by atoms with Gasteiger partial charge in [0.1, 0.15) is 0 Å². The molecule has 2 heterocycles. The molecule has 162 valence electrons. The zero-order chi connectivity index (χ0) is 22.8. The maximum Gasteiger partial charge on any atom is 0.256 e. The second-order valence-corrected chi connectivity index (χ2v) is 8.85. The van der Waals surface area contributed by atoms with Crippen molar-refractivity contribution in [1.82, 2.24) is 14.8 Å². The summed E-state index contributed by atoms with van der Waals surface area (Å²) >= 11 is 1.62. The predicted molar refractivity (Wildman–Crippen MR) is 134 cm³/mol. The van der Waals surface area contributed by atoms with Gasteiger partial charge in [-0.2, -0.15) is 5.10 Å². The van der Waals surface area contributed by atoms with Crippen molar-refractivity contribution in [2.24, 2.45) is 7.05 Å². The number of fused-ring (bicyclic) bond motifs is 1. The highest BCUT2D eigenvalue weighted by Gasteiger charge is 2.17. The van der Waals surface area contributed by atoms with Gasteiger partial charge in [-0.3, -0.25) is 9.48 Å². The summed E-state index contributed by atoms with van der Waals surface area (Å²) < 4.78 is 1.76. The van der Waals surface area contributed by atoms with Crippen LogP contribution in [0.2, 0.25) is 0 Å². The van der Waals surface area contributed by atoms with Gasteiger partial charge < -0.3 is 5.32 Å². The third-order valence-corrected chi connectivity index (χ3v) is 6.44. The Morgan fingerprint density at radius 1 is 0.939 bits per heavy atom. The van der Waals surface area contributed by atoms with Crippen LogP contribution in [0.3, 0.4) is 0 Å². The molecule has 0 bridgehead atoms. The summed E-state index contributed by atoms with van der Waals surface area (Å²) in [5, 5.41) is 8.38. The maximum atomic E-state index is 13.5. The summed E-state index contributed by atoms with van der Waals surface area (Å²) in [6, 6.07) is 27.6. The quantitative estimate of drug-likeness (QED) is 0.339. The number of rotatable bonds is 5. The highest BCUT2D eigenvalue weighted by atomic mass is 32.2. The Kier molecular flexibility index (Phi) is 5.67. The summed E-state index contributed by atoms with van der Waals surface area (Å²) in [6.07, 6.45) is 1.93. The Balaban J connectivity index is 1.54. The van der Waals surface area contributed by atoms with Crippen molar-refractivity contribution in [1.29, 1.82) is 0 Å². The van der Waals surface area contributed by atoms with Crippen LogP contribution < -0.4 is 5.32 Å². The van der Waals surface area contributed by atoms with Crippen molar-refractivity contribution in [3.63, 3.8) is 0 Å². The van der Waals surface area contributed by atoms with Crippen molar-refractivity contribution < 1.29 is 4.79 Å². The van der Waals surface area contributed by atoms with E-state index in [0.717, 1.165) is 43.3 Å². The van der Waals surface area contributed by atoms with Crippen LogP contribution in [0.25, 0.3) is 22.2 Å². The summed E-state index contributed by atoms with van der Waals surface area (Å²) in [5.74, 6) is -0.169. The molecule has 0 saturated carbocycles. The minimum absolute atomic E-state index is 0.169. The lowest BCUT2D eigenvalue weighted by molar-refractivity contribution is 0.102. The van der Waals surface area contributed by atoms with Gasteiger partial charge in [-0.25, -0.2) is 4.98 Å². The molecule has 0 radical (unpaired) electrons. The first kappa shape index (κ1) is 21.0. The first-order valence-electron chi connectivity index (χ1n) is 10.6. The normalized spacial score (nSPS) is 11.0. The fourth-order valence-electron chi connectivity index (χ4n) is 3.82. The molecule has 2 aromatic heterocycles. The van der Waals surface area contributed by atoms with Gasteiger partial charge in [-0.15, -0.1) is 0 Å². The number of hydrogen-bond donors (Lipinski definition) is 1. The van der Waals surface area contributed by atoms with Crippen LogP contribution in [-0.4, -0.2) is 20.7 Å². The number of anilines is 1. The van der Waals surface area contributed by atoms with Crippen molar-refractivity contribution in [2.75, 3.05) is 5.32 Å². The average molecular weight is 451 g/mol. The Morgan fingerprint density at radius 3 is 2.45 bits per heavy atom. The number of amides is 1. The molecule has 1 amide bonds. The van der Waals surface area contributed by atoms with E-state index in [1.165, 1.54) is 0 Å². The second kappa shape index (κ2) is 8.92. The summed E-state index contributed by atoms with van der Waals surface area (Å²) in [5.41, 5.74) is 4.65. The smallest absolute Gasteiger partial charge is 0.256 e. The number of aromatic nitrogens is 3. The van der Waals surface area contributed by atoms with E-state index >= 15 is 0 Å². The van der Waals surface area contributed by atoms with Crippen LogP contribution in [0, 0.1) is 6.92 Å². The highest BCUT2D eigenvalue weighted by molar-refractivity contribution is 7.99. The molecule has 0 unspecified atom stereocenters. The van der Waals surface area contributed by atoms with E-state index < -0.39 is 0 Å². The lowest BCUT2D eigenvalue weighted by Crippen LogP contribution is -2.13. The molecule has 0 spiro atoms. The molecule has 5 aromatic rings. The zero-order valence-electron chi connectivity index (χ0n) is 18.3. The Hall–Kier alpha value is -3.90. The third kappa shape index (κ3) is 4.38. The second-order valence-electron chi connectivity index (χ2n) is 7.74.